The highest BCUT2D eigenvalue weighted by molar-refractivity contribution is 6.33. The maximum atomic E-state index is 5.95. The highest BCUT2D eigenvalue weighted by Gasteiger charge is 2.09. The van der Waals surface area contributed by atoms with Crippen LogP contribution in [0.5, 0.6) is 0 Å². The summed E-state index contributed by atoms with van der Waals surface area (Å²) in [5, 5.41) is 10.7. The minimum atomic E-state index is 0.355. The van der Waals surface area contributed by atoms with E-state index in [1.54, 1.807) is 6.07 Å². The molecule has 3 N–H and O–H groups in total. The number of nitrogens with zero attached hydrogens (tertiary/aromatic N) is 2. The summed E-state index contributed by atoms with van der Waals surface area (Å²) < 4.78 is 0. The maximum Gasteiger partial charge on any atom is 0.173 e. The van der Waals surface area contributed by atoms with Crippen LogP contribution in [0.4, 0.5) is 5.82 Å². The van der Waals surface area contributed by atoms with Gasteiger partial charge in [0.1, 0.15) is 5.69 Å². The molecular weight excluding hydrogens is 188 g/mol. The predicted molar refractivity (Wildman–Crippen MR) is 51.2 cm³/mol. The fourth-order valence-electron chi connectivity index (χ4n) is 1.09. The number of hydrogen-bond donors (Lipinski definition) is 2. The van der Waals surface area contributed by atoms with Gasteiger partial charge in [-0.25, -0.2) is 0 Å². The molecule has 2 rings (SSSR count). The van der Waals surface area contributed by atoms with Gasteiger partial charge in [0.25, 0.3) is 0 Å². The molecule has 66 valence electrons. The van der Waals surface area contributed by atoms with Crippen LogP contribution in [0.25, 0.3) is 11.3 Å². The quantitative estimate of drug-likeness (QED) is 0.726. The van der Waals surface area contributed by atoms with Gasteiger partial charge >= 0.3 is 0 Å². The number of nitrogens with one attached hydrogen (secondary N) is 1. The zero-order valence-corrected chi connectivity index (χ0v) is 7.42. The molecule has 13 heavy (non-hydrogen) atoms. The first-order chi connectivity index (χ1) is 6.29. The number of hydrogen-bond acceptors (Lipinski definition) is 3. The van der Waals surface area contributed by atoms with Crippen LogP contribution in [0.3, 0.4) is 0 Å². The number of aromatic nitrogens is 3. The number of aromatic amines is 1. The Morgan fingerprint density at radius 3 is 2.62 bits per heavy atom. The van der Waals surface area contributed by atoms with Crippen LogP contribution < -0.4 is 5.73 Å². The average Bonchev–Trinajstić information content (AvgIpc) is 2.52. The molecule has 0 spiro atoms. The van der Waals surface area contributed by atoms with E-state index in [-0.39, 0.29) is 0 Å². The van der Waals surface area contributed by atoms with E-state index in [9.17, 15) is 0 Å². The smallest absolute Gasteiger partial charge is 0.173 e. The molecule has 2 aromatic rings. The second-order valence-electron chi connectivity index (χ2n) is 2.54. The van der Waals surface area contributed by atoms with Gasteiger partial charge in [-0.05, 0) is 6.07 Å². The standard InChI is InChI=1S/C8H7ClN4/c9-6-4-2-1-3-5(6)7-8(10)12-13-11-7/h1-4H,(H3,10,11,12,13). The Morgan fingerprint density at radius 2 is 2.00 bits per heavy atom. The molecule has 0 radical (unpaired) electrons. The number of H-pyrrole nitrogens is 1. The molecule has 0 aliphatic rings. The van der Waals surface area contributed by atoms with Gasteiger partial charge in [-0.2, -0.15) is 10.3 Å². The summed E-state index contributed by atoms with van der Waals surface area (Å²) in [7, 11) is 0. The topological polar surface area (TPSA) is 67.6 Å². The molecule has 4 nitrogen and oxygen atoms in total. The third-order valence-corrected chi connectivity index (χ3v) is 2.03. The molecular formula is C8H7ClN4. The minimum Gasteiger partial charge on any atom is -0.380 e. The van der Waals surface area contributed by atoms with Crippen molar-refractivity contribution in [2.24, 2.45) is 0 Å². The van der Waals surface area contributed by atoms with Crippen molar-refractivity contribution in [2.45, 2.75) is 0 Å². The minimum absolute atomic E-state index is 0.355. The Bertz CT molecular complexity index is 424. The fourth-order valence-corrected chi connectivity index (χ4v) is 1.32. The summed E-state index contributed by atoms with van der Waals surface area (Å²) in [5.74, 6) is 0.355. The van der Waals surface area contributed by atoms with Crippen molar-refractivity contribution in [2.75, 3.05) is 5.73 Å². The molecule has 0 unspecified atom stereocenters. The van der Waals surface area contributed by atoms with Gasteiger partial charge < -0.3 is 5.73 Å². The molecule has 1 aromatic carbocycles. The third kappa shape index (κ3) is 1.36. The van der Waals surface area contributed by atoms with Gasteiger partial charge in [-0.1, -0.05) is 29.8 Å². The molecule has 0 amide bonds. The number of anilines is 1. The average molecular weight is 195 g/mol. The zero-order valence-electron chi connectivity index (χ0n) is 6.66. The van der Waals surface area contributed by atoms with Crippen LogP contribution in [0, 0.1) is 0 Å². The summed E-state index contributed by atoms with van der Waals surface area (Å²) in [4.78, 5) is 0. The van der Waals surface area contributed by atoms with E-state index >= 15 is 0 Å². The first-order valence-corrected chi connectivity index (χ1v) is 4.08. The molecule has 1 aromatic heterocycles. The number of nitrogen functional groups attached to an aromatic ring is 1. The summed E-state index contributed by atoms with van der Waals surface area (Å²) in [6.45, 7) is 0. The molecule has 0 atom stereocenters. The normalized spacial score (nSPS) is 10.2. The van der Waals surface area contributed by atoms with Gasteiger partial charge in [0.2, 0.25) is 0 Å². The number of benzene rings is 1. The van der Waals surface area contributed by atoms with E-state index in [4.69, 9.17) is 17.3 Å². The lowest BCUT2D eigenvalue weighted by atomic mass is 10.1. The van der Waals surface area contributed by atoms with Crippen molar-refractivity contribution in [3.8, 4) is 11.3 Å². The first kappa shape index (κ1) is 8.07. The molecule has 0 saturated heterocycles. The third-order valence-electron chi connectivity index (χ3n) is 1.70. The molecule has 0 aliphatic heterocycles. The van der Waals surface area contributed by atoms with Crippen LogP contribution in [0.15, 0.2) is 24.3 Å². The maximum absolute atomic E-state index is 5.95. The van der Waals surface area contributed by atoms with Crippen molar-refractivity contribution >= 4 is 17.4 Å². The molecule has 0 fully saturated rings. The van der Waals surface area contributed by atoms with Crippen molar-refractivity contribution in [3.63, 3.8) is 0 Å². The lowest BCUT2D eigenvalue weighted by molar-refractivity contribution is 0.945. The summed E-state index contributed by atoms with van der Waals surface area (Å²) in [5.41, 5.74) is 6.95. The monoisotopic (exact) mass is 194 g/mol. The van der Waals surface area contributed by atoms with Gasteiger partial charge in [0.05, 0.1) is 5.02 Å². The zero-order chi connectivity index (χ0) is 9.26. The van der Waals surface area contributed by atoms with E-state index in [1.807, 2.05) is 18.2 Å². The van der Waals surface area contributed by atoms with Crippen molar-refractivity contribution in [3.05, 3.63) is 29.3 Å². The SMILES string of the molecule is Nc1n[nH]nc1-c1ccccc1Cl. The predicted octanol–water partition coefficient (Wildman–Crippen LogP) is 1.71. The van der Waals surface area contributed by atoms with E-state index in [1.165, 1.54) is 0 Å². The lowest BCUT2D eigenvalue weighted by Gasteiger charge is -1.98. The Morgan fingerprint density at radius 1 is 1.23 bits per heavy atom. The van der Waals surface area contributed by atoms with Crippen LogP contribution >= 0.6 is 11.6 Å². The number of nitrogens with two attached hydrogens (primary N) is 1. The Hall–Kier alpha value is -1.55. The summed E-state index contributed by atoms with van der Waals surface area (Å²) in [6, 6.07) is 7.35. The second kappa shape index (κ2) is 3.06. The van der Waals surface area contributed by atoms with Crippen LogP contribution in [-0.2, 0) is 0 Å². The van der Waals surface area contributed by atoms with E-state index in [0.717, 1.165) is 5.56 Å². The van der Waals surface area contributed by atoms with Crippen LogP contribution in [0.1, 0.15) is 0 Å². The van der Waals surface area contributed by atoms with E-state index in [2.05, 4.69) is 15.4 Å². The van der Waals surface area contributed by atoms with Crippen molar-refractivity contribution in [1.82, 2.24) is 15.4 Å². The van der Waals surface area contributed by atoms with Crippen LogP contribution in [0.2, 0.25) is 5.02 Å². The molecule has 0 aliphatic carbocycles. The van der Waals surface area contributed by atoms with E-state index < -0.39 is 0 Å². The lowest BCUT2D eigenvalue weighted by Crippen LogP contribution is -1.88. The Kier molecular flexibility index (Phi) is 1.90. The Balaban J connectivity index is 2.59. The largest absolute Gasteiger partial charge is 0.380 e. The van der Waals surface area contributed by atoms with Crippen LogP contribution in [-0.4, -0.2) is 15.4 Å². The van der Waals surface area contributed by atoms with Gasteiger partial charge in [0, 0.05) is 5.56 Å². The number of rotatable bonds is 1. The van der Waals surface area contributed by atoms with Crippen molar-refractivity contribution < 1.29 is 0 Å². The van der Waals surface area contributed by atoms with Crippen molar-refractivity contribution in [1.29, 1.82) is 0 Å². The number of halogens is 1. The van der Waals surface area contributed by atoms with E-state index in [0.29, 0.717) is 16.5 Å². The molecule has 0 saturated carbocycles. The highest BCUT2D eigenvalue weighted by Crippen LogP contribution is 2.28. The first-order valence-electron chi connectivity index (χ1n) is 3.70. The van der Waals surface area contributed by atoms with Gasteiger partial charge in [-0.3, -0.25) is 0 Å². The summed E-state index contributed by atoms with van der Waals surface area (Å²) >= 11 is 5.95. The Labute approximate surface area is 79.7 Å². The molecule has 5 heteroatoms. The van der Waals surface area contributed by atoms with Gasteiger partial charge in [-0.15, -0.1) is 5.10 Å². The fraction of sp³-hybridized carbons (Fsp3) is 0. The molecule has 1 heterocycles. The highest BCUT2D eigenvalue weighted by atomic mass is 35.5. The summed E-state index contributed by atoms with van der Waals surface area (Å²) in [6.07, 6.45) is 0. The molecule has 0 bridgehead atoms. The van der Waals surface area contributed by atoms with Gasteiger partial charge in [0.15, 0.2) is 5.82 Å². The second-order valence-corrected chi connectivity index (χ2v) is 2.94.